The minimum atomic E-state index is -0.0590. The number of carbonyl (C=O) groups excluding carboxylic acids is 2. The van der Waals surface area contributed by atoms with Crippen molar-refractivity contribution in [2.75, 3.05) is 52.3 Å². The molecule has 7 heteroatoms. The van der Waals surface area contributed by atoms with Gasteiger partial charge in [0.25, 0.3) is 5.91 Å². The lowest BCUT2D eigenvalue weighted by molar-refractivity contribution is -0.117. The van der Waals surface area contributed by atoms with Crippen LogP contribution in [-0.2, 0) is 4.79 Å². The summed E-state index contributed by atoms with van der Waals surface area (Å²) in [6, 6.07) is 9.47. The van der Waals surface area contributed by atoms with Gasteiger partial charge >= 0.3 is 0 Å². The van der Waals surface area contributed by atoms with Gasteiger partial charge in [-0.2, -0.15) is 0 Å². The maximum absolute atomic E-state index is 13.0. The molecule has 7 nitrogen and oxygen atoms in total. The van der Waals surface area contributed by atoms with Crippen LogP contribution in [0.15, 0.2) is 30.3 Å². The summed E-state index contributed by atoms with van der Waals surface area (Å²) in [5.74, 6) is 1.16. The van der Waals surface area contributed by atoms with Crippen LogP contribution in [0.25, 0.3) is 0 Å². The Morgan fingerprint density at radius 3 is 2.00 bits per heavy atom. The molecule has 31 heavy (non-hydrogen) atoms. The molecule has 1 aliphatic heterocycles. The number of hydrogen-bond acceptors (Lipinski definition) is 5. The zero-order valence-corrected chi connectivity index (χ0v) is 18.9. The Hall–Kier alpha value is -3.06. The number of ether oxygens (including phenoxy) is 2. The lowest BCUT2D eigenvalue weighted by atomic mass is 10.1. The molecule has 1 aliphatic rings. The van der Waals surface area contributed by atoms with Gasteiger partial charge in [-0.05, 0) is 44.0 Å². The maximum atomic E-state index is 13.0. The molecule has 1 fully saturated rings. The van der Waals surface area contributed by atoms with Gasteiger partial charge in [-0.15, -0.1) is 0 Å². The van der Waals surface area contributed by atoms with Crippen molar-refractivity contribution >= 4 is 17.5 Å². The van der Waals surface area contributed by atoms with E-state index in [1.807, 2.05) is 43.9 Å². The molecule has 0 aliphatic carbocycles. The number of nitrogens with one attached hydrogen (secondary N) is 1. The number of anilines is 1. The fourth-order valence-electron chi connectivity index (χ4n) is 3.89. The van der Waals surface area contributed by atoms with Crippen molar-refractivity contribution in [2.24, 2.45) is 0 Å². The Bertz CT molecular complexity index is 920. The highest BCUT2D eigenvalue weighted by Crippen LogP contribution is 2.30. The van der Waals surface area contributed by atoms with E-state index in [0.29, 0.717) is 49.8 Å². The largest absolute Gasteiger partial charge is 0.496 e. The number of benzene rings is 2. The number of methoxy groups -OCH3 is 2. The molecular formula is C24H31N3O4. The number of rotatable bonds is 6. The number of hydrogen-bond donors (Lipinski definition) is 1. The molecule has 166 valence electrons. The van der Waals surface area contributed by atoms with Gasteiger partial charge in [-0.1, -0.05) is 18.2 Å². The molecule has 1 saturated heterocycles. The van der Waals surface area contributed by atoms with Gasteiger partial charge in [-0.3, -0.25) is 14.5 Å². The Balaban J connectivity index is 1.58. The molecule has 3 rings (SSSR count). The molecule has 1 heterocycles. The summed E-state index contributed by atoms with van der Waals surface area (Å²) in [7, 11) is 3.16. The second-order valence-electron chi connectivity index (χ2n) is 7.89. The van der Waals surface area contributed by atoms with Gasteiger partial charge in [-0.25, -0.2) is 0 Å². The molecule has 0 saturated carbocycles. The molecule has 0 unspecified atom stereocenters. The van der Waals surface area contributed by atoms with Crippen LogP contribution in [-0.4, -0.2) is 68.6 Å². The molecule has 2 aromatic rings. The Kier molecular flexibility index (Phi) is 7.17. The molecule has 0 atom stereocenters. The maximum Gasteiger partial charge on any atom is 0.254 e. The monoisotopic (exact) mass is 425 g/mol. The molecular weight excluding hydrogens is 394 g/mol. The topological polar surface area (TPSA) is 71.1 Å². The second-order valence-corrected chi connectivity index (χ2v) is 7.89. The summed E-state index contributed by atoms with van der Waals surface area (Å²) in [6.45, 7) is 8.60. The lowest BCUT2D eigenvalue weighted by Crippen LogP contribution is -2.50. The van der Waals surface area contributed by atoms with Crippen LogP contribution in [0, 0.1) is 20.8 Å². The number of carbonyl (C=O) groups is 2. The van der Waals surface area contributed by atoms with Gasteiger partial charge < -0.3 is 19.7 Å². The van der Waals surface area contributed by atoms with Gasteiger partial charge in [0.05, 0.1) is 20.8 Å². The van der Waals surface area contributed by atoms with Crippen molar-refractivity contribution in [1.29, 1.82) is 0 Å². The van der Waals surface area contributed by atoms with Crippen molar-refractivity contribution in [3.63, 3.8) is 0 Å². The third kappa shape index (κ3) is 5.17. The van der Waals surface area contributed by atoms with Crippen molar-refractivity contribution in [1.82, 2.24) is 9.80 Å². The average molecular weight is 426 g/mol. The molecule has 0 bridgehead atoms. The highest BCUT2D eigenvalue weighted by molar-refractivity contribution is 5.96. The first-order valence-electron chi connectivity index (χ1n) is 10.4. The summed E-state index contributed by atoms with van der Waals surface area (Å²) in [5.41, 5.74) is 4.38. The average Bonchev–Trinajstić information content (AvgIpc) is 2.76. The first-order valence-corrected chi connectivity index (χ1v) is 10.4. The van der Waals surface area contributed by atoms with E-state index >= 15 is 0 Å². The minimum Gasteiger partial charge on any atom is -0.496 e. The fraction of sp³-hybridized carbons (Fsp3) is 0.417. The first-order chi connectivity index (χ1) is 14.8. The van der Waals surface area contributed by atoms with Crippen molar-refractivity contribution in [3.8, 4) is 11.5 Å². The summed E-state index contributed by atoms with van der Waals surface area (Å²) in [6.07, 6.45) is 0. The number of piperazine rings is 1. The van der Waals surface area contributed by atoms with Crippen LogP contribution in [0.2, 0.25) is 0 Å². The Morgan fingerprint density at radius 1 is 0.935 bits per heavy atom. The van der Waals surface area contributed by atoms with Gasteiger partial charge in [0.15, 0.2) is 0 Å². The van der Waals surface area contributed by atoms with Crippen LogP contribution >= 0.6 is 0 Å². The SMILES string of the molecule is COc1cc(C(=O)N2CCN(CC(=O)Nc3c(C)cccc3C)CC2)cc(OC)c1C. The molecule has 0 spiro atoms. The van der Waals surface area contributed by atoms with E-state index in [2.05, 4.69) is 10.2 Å². The predicted molar refractivity (Wildman–Crippen MR) is 121 cm³/mol. The third-order valence-corrected chi connectivity index (χ3v) is 5.77. The van der Waals surface area contributed by atoms with E-state index in [1.165, 1.54) is 0 Å². The molecule has 2 amide bonds. The van der Waals surface area contributed by atoms with E-state index in [0.717, 1.165) is 22.4 Å². The van der Waals surface area contributed by atoms with Crippen LogP contribution in [0.4, 0.5) is 5.69 Å². The van der Waals surface area contributed by atoms with Crippen molar-refractivity contribution < 1.29 is 19.1 Å². The zero-order valence-electron chi connectivity index (χ0n) is 18.9. The quantitative estimate of drug-likeness (QED) is 0.770. The molecule has 2 aromatic carbocycles. The Morgan fingerprint density at radius 2 is 1.48 bits per heavy atom. The number of aryl methyl sites for hydroxylation is 2. The van der Waals surface area contributed by atoms with E-state index in [1.54, 1.807) is 26.4 Å². The second kappa shape index (κ2) is 9.83. The minimum absolute atomic E-state index is 0.0369. The van der Waals surface area contributed by atoms with Crippen LogP contribution < -0.4 is 14.8 Å². The lowest BCUT2D eigenvalue weighted by Gasteiger charge is -2.34. The van der Waals surface area contributed by atoms with E-state index in [9.17, 15) is 9.59 Å². The highest BCUT2D eigenvalue weighted by Gasteiger charge is 2.25. The van der Waals surface area contributed by atoms with Gasteiger partial charge in [0.1, 0.15) is 11.5 Å². The Labute approximate surface area is 183 Å². The van der Waals surface area contributed by atoms with Crippen LogP contribution in [0.3, 0.4) is 0 Å². The molecule has 1 N–H and O–H groups in total. The first kappa shape index (κ1) is 22.6. The predicted octanol–water partition coefficient (Wildman–Crippen LogP) is 3.03. The van der Waals surface area contributed by atoms with Gasteiger partial charge in [0.2, 0.25) is 5.91 Å². The number of amides is 2. The smallest absolute Gasteiger partial charge is 0.254 e. The van der Waals surface area contributed by atoms with E-state index in [-0.39, 0.29) is 11.8 Å². The van der Waals surface area contributed by atoms with Crippen molar-refractivity contribution in [3.05, 3.63) is 52.6 Å². The standard InChI is InChI=1S/C24H31N3O4/c1-16-7-6-8-17(2)23(16)25-22(28)15-26-9-11-27(12-10-26)24(29)19-13-20(30-4)18(3)21(14-19)31-5/h6-8,13-14H,9-12,15H2,1-5H3,(H,25,28). The van der Waals surface area contributed by atoms with Crippen LogP contribution in [0.1, 0.15) is 27.0 Å². The summed E-state index contributed by atoms with van der Waals surface area (Å²) >= 11 is 0. The zero-order chi connectivity index (χ0) is 22.5. The normalized spacial score (nSPS) is 14.3. The summed E-state index contributed by atoms with van der Waals surface area (Å²) in [4.78, 5) is 29.4. The molecule has 0 aromatic heterocycles. The number of nitrogens with zero attached hydrogens (tertiary/aromatic N) is 2. The van der Waals surface area contributed by atoms with E-state index in [4.69, 9.17) is 9.47 Å². The highest BCUT2D eigenvalue weighted by atomic mass is 16.5. The third-order valence-electron chi connectivity index (χ3n) is 5.77. The summed E-state index contributed by atoms with van der Waals surface area (Å²) in [5, 5.41) is 3.03. The fourth-order valence-corrected chi connectivity index (χ4v) is 3.89. The number of para-hydroxylation sites is 1. The summed E-state index contributed by atoms with van der Waals surface area (Å²) < 4.78 is 10.8. The van der Waals surface area contributed by atoms with E-state index < -0.39 is 0 Å². The van der Waals surface area contributed by atoms with Gasteiger partial charge in [0, 0.05) is 43.0 Å². The van der Waals surface area contributed by atoms with Crippen molar-refractivity contribution in [2.45, 2.75) is 20.8 Å². The molecule has 0 radical (unpaired) electrons. The van der Waals surface area contributed by atoms with Crippen LogP contribution in [0.5, 0.6) is 11.5 Å².